The van der Waals surface area contributed by atoms with Crippen molar-refractivity contribution in [2.75, 3.05) is 19.6 Å². The first kappa shape index (κ1) is 20.2. The summed E-state index contributed by atoms with van der Waals surface area (Å²) in [4.78, 5) is 15.8. The largest absolute Gasteiger partial charge is 0.393 e. The molecule has 0 spiro atoms. The van der Waals surface area contributed by atoms with Crippen LogP contribution >= 0.6 is 0 Å². The molecule has 0 radical (unpaired) electrons. The molecule has 7 unspecified atom stereocenters. The van der Waals surface area contributed by atoms with E-state index in [9.17, 15) is 9.90 Å². The summed E-state index contributed by atoms with van der Waals surface area (Å²) in [6.07, 6.45) is 15.4. The van der Waals surface area contributed by atoms with Gasteiger partial charge in [0.15, 0.2) is 0 Å². The van der Waals surface area contributed by atoms with Gasteiger partial charge in [-0.15, -0.1) is 0 Å². The van der Waals surface area contributed by atoms with Crippen molar-refractivity contribution < 1.29 is 9.90 Å². The van der Waals surface area contributed by atoms with Crippen LogP contribution in [0.1, 0.15) is 84.5 Å². The molecule has 4 aliphatic carbocycles. The number of nitrogens with zero attached hydrogens (tertiary/aromatic N) is 1. The second-order valence-corrected chi connectivity index (χ2v) is 11.6. The van der Waals surface area contributed by atoms with Crippen molar-refractivity contribution in [2.24, 2.45) is 34.5 Å². The predicted molar refractivity (Wildman–Crippen MR) is 116 cm³/mol. The van der Waals surface area contributed by atoms with Crippen LogP contribution in [-0.2, 0) is 4.79 Å². The Bertz CT molecular complexity index is 680. The number of hydrogen-bond donors (Lipinski definition) is 1. The van der Waals surface area contributed by atoms with Crippen LogP contribution in [0.5, 0.6) is 0 Å². The molecule has 0 aromatic carbocycles. The summed E-state index contributed by atoms with van der Waals surface area (Å²) in [6, 6.07) is 0. The number of Topliss-reactive ketones (excluding diaryl/α,β-unsaturated/α-hetero) is 1. The van der Waals surface area contributed by atoms with Gasteiger partial charge >= 0.3 is 0 Å². The number of aliphatic hydroxyl groups is 1. The number of fused-ring (bicyclic) bond motifs is 5. The summed E-state index contributed by atoms with van der Waals surface area (Å²) in [5.41, 5.74) is 2.08. The molecular weight excluding hydrogens is 358 g/mol. The Kier molecular flexibility index (Phi) is 5.22. The average Bonchev–Trinajstić information content (AvgIpc) is 3.06. The van der Waals surface area contributed by atoms with Crippen molar-refractivity contribution in [1.29, 1.82) is 0 Å². The number of ketones is 1. The second-order valence-electron chi connectivity index (χ2n) is 11.6. The molecule has 5 aliphatic rings. The zero-order chi connectivity index (χ0) is 20.2. The number of likely N-dealkylation sites (tertiary alicyclic amines) is 1. The number of carbonyl (C=O) groups is 1. The minimum absolute atomic E-state index is 0.122. The lowest BCUT2D eigenvalue weighted by molar-refractivity contribution is -0.131. The quantitative estimate of drug-likeness (QED) is 0.680. The molecule has 0 bridgehead atoms. The third-order valence-corrected chi connectivity index (χ3v) is 10.3. The van der Waals surface area contributed by atoms with Crippen molar-refractivity contribution >= 4 is 5.78 Å². The first-order valence-corrected chi connectivity index (χ1v) is 12.5. The third-order valence-electron chi connectivity index (χ3n) is 10.3. The summed E-state index contributed by atoms with van der Waals surface area (Å²) < 4.78 is 0. The highest BCUT2D eigenvalue weighted by Crippen LogP contribution is 2.66. The van der Waals surface area contributed by atoms with E-state index in [-0.39, 0.29) is 11.5 Å². The first-order valence-electron chi connectivity index (χ1n) is 12.5. The maximum Gasteiger partial charge on any atom is 0.150 e. The van der Waals surface area contributed by atoms with Gasteiger partial charge in [-0.2, -0.15) is 0 Å². The first-order chi connectivity index (χ1) is 13.9. The Balaban J connectivity index is 1.33. The fourth-order valence-electron chi connectivity index (χ4n) is 8.62. The lowest BCUT2D eigenvalue weighted by atomic mass is 9.47. The molecule has 0 aromatic rings. The molecule has 5 rings (SSSR count). The van der Waals surface area contributed by atoms with Gasteiger partial charge in [0.25, 0.3) is 0 Å². The van der Waals surface area contributed by atoms with Gasteiger partial charge in [-0.05, 0) is 106 Å². The fourth-order valence-corrected chi connectivity index (χ4v) is 8.62. The molecule has 1 saturated heterocycles. The fraction of sp³-hybridized carbons (Fsp3) is 0.885. The monoisotopic (exact) mass is 399 g/mol. The Morgan fingerprint density at radius 2 is 1.86 bits per heavy atom. The van der Waals surface area contributed by atoms with Crippen molar-refractivity contribution in [3.05, 3.63) is 11.6 Å². The molecule has 3 nitrogen and oxygen atoms in total. The summed E-state index contributed by atoms with van der Waals surface area (Å²) in [5.74, 6) is 3.09. The molecule has 0 amide bonds. The van der Waals surface area contributed by atoms with E-state index in [1.165, 1.54) is 44.9 Å². The molecule has 1 heterocycles. The van der Waals surface area contributed by atoms with Gasteiger partial charge in [0, 0.05) is 5.92 Å². The van der Waals surface area contributed by atoms with E-state index in [1.807, 2.05) is 0 Å². The van der Waals surface area contributed by atoms with Crippen LogP contribution in [0.25, 0.3) is 0 Å². The van der Waals surface area contributed by atoms with E-state index in [0.29, 0.717) is 23.7 Å². The molecule has 162 valence electrons. The molecule has 1 N–H and O–H groups in total. The Hall–Kier alpha value is -0.670. The predicted octanol–water partition coefficient (Wildman–Crippen LogP) is 4.98. The van der Waals surface area contributed by atoms with Crippen LogP contribution in [0.2, 0.25) is 0 Å². The highest BCUT2D eigenvalue weighted by molar-refractivity contribution is 5.84. The van der Waals surface area contributed by atoms with Crippen molar-refractivity contribution in [2.45, 2.75) is 90.6 Å². The van der Waals surface area contributed by atoms with Crippen LogP contribution in [0.4, 0.5) is 0 Å². The van der Waals surface area contributed by atoms with Crippen LogP contribution in [-0.4, -0.2) is 41.5 Å². The van der Waals surface area contributed by atoms with Gasteiger partial charge < -0.3 is 5.11 Å². The topological polar surface area (TPSA) is 40.5 Å². The van der Waals surface area contributed by atoms with E-state index >= 15 is 0 Å². The molecule has 3 heteroatoms. The molecule has 29 heavy (non-hydrogen) atoms. The lowest BCUT2D eigenvalue weighted by Gasteiger charge is -2.58. The van der Waals surface area contributed by atoms with Crippen LogP contribution in [0, 0.1) is 34.5 Å². The lowest BCUT2D eigenvalue weighted by Crippen LogP contribution is -2.51. The Labute approximate surface area is 177 Å². The zero-order valence-electron chi connectivity index (χ0n) is 18.7. The highest BCUT2D eigenvalue weighted by atomic mass is 16.3. The molecule has 1 aliphatic heterocycles. The normalized spacial score (nSPS) is 47.7. The molecule has 7 atom stereocenters. The van der Waals surface area contributed by atoms with E-state index < -0.39 is 0 Å². The standard InChI is InChI=1S/C26H41NO2/c1-25-12-10-19(28)16-18(25)6-7-20-21-8-9-23(26(21,2)13-11-22(20)25)24(29)17-27-14-4-3-5-15-27/h6,19-23,28H,3-5,7-17H2,1-2H3. The van der Waals surface area contributed by atoms with Gasteiger partial charge in [0.2, 0.25) is 0 Å². The highest BCUT2D eigenvalue weighted by Gasteiger charge is 2.59. The number of aliphatic hydroxyl groups excluding tert-OH is 1. The van der Waals surface area contributed by atoms with Gasteiger partial charge in [0.05, 0.1) is 12.6 Å². The number of allylic oxidation sites excluding steroid dienone is 1. The smallest absolute Gasteiger partial charge is 0.150 e. The molecular formula is C26H41NO2. The summed E-state index contributed by atoms with van der Waals surface area (Å²) in [5, 5.41) is 10.2. The number of rotatable bonds is 3. The van der Waals surface area contributed by atoms with Crippen molar-refractivity contribution in [3.8, 4) is 0 Å². The average molecular weight is 400 g/mol. The SMILES string of the molecule is CC12CCC(O)CC1=CCC1C2CCC2(C)C(C(=O)CN3CCCCC3)CCC12. The van der Waals surface area contributed by atoms with E-state index in [4.69, 9.17) is 0 Å². The minimum atomic E-state index is -0.122. The van der Waals surface area contributed by atoms with Gasteiger partial charge in [-0.3, -0.25) is 9.69 Å². The van der Waals surface area contributed by atoms with Gasteiger partial charge in [-0.1, -0.05) is 31.9 Å². The maximum absolute atomic E-state index is 13.4. The molecule has 3 saturated carbocycles. The molecule has 0 aromatic heterocycles. The van der Waals surface area contributed by atoms with E-state index in [2.05, 4.69) is 24.8 Å². The van der Waals surface area contributed by atoms with Crippen LogP contribution in [0.15, 0.2) is 11.6 Å². The van der Waals surface area contributed by atoms with E-state index in [1.54, 1.807) is 5.57 Å². The van der Waals surface area contributed by atoms with E-state index in [0.717, 1.165) is 56.5 Å². The number of carbonyl (C=O) groups excluding carboxylic acids is 1. The third kappa shape index (κ3) is 3.26. The maximum atomic E-state index is 13.4. The zero-order valence-corrected chi connectivity index (χ0v) is 18.7. The number of hydrogen-bond acceptors (Lipinski definition) is 3. The van der Waals surface area contributed by atoms with Crippen molar-refractivity contribution in [1.82, 2.24) is 4.90 Å². The second kappa shape index (κ2) is 7.48. The van der Waals surface area contributed by atoms with Gasteiger partial charge in [-0.25, -0.2) is 0 Å². The summed E-state index contributed by atoms with van der Waals surface area (Å²) >= 11 is 0. The minimum Gasteiger partial charge on any atom is -0.393 e. The summed E-state index contributed by atoms with van der Waals surface area (Å²) in [6.45, 7) is 7.94. The van der Waals surface area contributed by atoms with Crippen LogP contribution in [0.3, 0.4) is 0 Å². The van der Waals surface area contributed by atoms with Crippen molar-refractivity contribution in [3.63, 3.8) is 0 Å². The summed E-state index contributed by atoms with van der Waals surface area (Å²) in [7, 11) is 0. The molecule has 4 fully saturated rings. The Morgan fingerprint density at radius 1 is 1.07 bits per heavy atom. The Morgan fingerprint density at radius 3 is 2.66 bits per heavy atom. The van der Waals surface area contributed by atoms with Crippen LogP contribution < -0.4 is 0 Å². The number of piperidine rings is 1. The van der Waals surface area contributed by atoms with Gasteiger partial charge in [0.1, 0.15) is 5.78 Å².